The average Bonchev–Trinajstić information content (AvgIpc) is 2.68. The number of benzene rings is 2. The van der Waals surface area contributed by atoms with Gasteiger partial charge in [-0.15, -0.1) is 0 Å². The molecule has 1 heterocycles. The Bertz CT molecular complexity index is 987. The van der Waals surface area contributed by atoms with Crippen LogP contribution < -0.4 is 5.56 Å². The molecule has 4 nitrogen and oxygen atoms in total. The van der Waals surface area contributed by atoms with Crippen molar-refractivity contribution < 1.29 is 37.8 Å². The quantitative estimate of drug-likeness (QED) is 0.502. The van der Waals surface area contributed by atoms with Gasteiger partial charge in [0, 0.05) is 44.8 Å². The molecule has 0 amide bonds. The van der Waals surface area contributed by atoms with E-state index < -0.39 is 0 Å². The fourth-order valence-corrected chi connectivity index (χ4v) is 3.13. The molecule has 1 aromatic heterocycles. The molecule has 0 saturated heterocycles. The predicted octanol–water partition coefficient (Wildman–Crippen LogP) is 5.37. The minimum Gasteiger partial charge on any atom is -0.505 e. The molecule has 6 heteroatoms. The maximum atomic E-state index is 12.5. The van der Waals surface area contributed by atoms with E-state index >= 15 is 0 Å². The van der Waals surface area contributed by atoms with Crippen LogP contribution in [-0.2, 0) is 52.6 Å². The molecule has 0 aliphatic heterocycles. The second-order valence-corrected chi connectivity index (χ2v) is 6.41. The van der Waals surface area contributed by atoms with Crippen LogP contribution in [0, 0.1) is 14.4 Å². The topological polar surface area (TPSA) is 55.1 Å². The minimum atomic E-state index is -0.312. The van der Waals surface area contributed by atoms with Gasteiger partial charge in [-0.2, -0.15) is 5.10 Å². The van der Waals surface area contributed by atoms with Gasteiger partial charge in [0.25, 0.3) is 5.56 Å². The summed E-state index contributed by atoms with van der Waals surface area (Å²) in [6, 6.07) is 15.1. The molecule has 0 saturated carbocycles. The Morgan fingerprint density at radius 3 is 2.24 bits per heavy atom. The molecule has 3 rings (SSSR count). The zero-order chi connectivity index (χ0) is 20.0. The molecule has 0 atom stereocenters. The third-order valence-corrected chi connectivity index (χ3v) is 4.66. The van der Waals surface area contributed by atoms with Crippen LogP contribution in [0.1, 0.15) is 30.7 Å². The van der Waals surface area contributed by atoms with Gasteiger partial charge in [-0.05, 0) is 42.5 Å². The Hall–Kier alpha value is -1.49. The van der Waals surface area contributed by atoms with Crippen molar-refractivity contribution in [2.45, 2.75) is 33.6 Å². The molecular formula is C23H28ClN2O2Y-. The molecule has 0 bridgehead atoms. The van der Waals surface area contributed by atoms with Gasteiger partial charge in [-0.3, -0.25) is 4.79 Å². The molecule has 1 radical (unpaired) electrons. The van der Waals surface area contributed by atoms with E-state index in [0.717, 1.165) is 16.7 Å². The number of hydrogen-bond acceptors (Lipinski definition) is 3. The maximum Gasteiger partial charge on any atom is 0.278 e. The normalized spacial score (nSPS) is 9.55. The van der Waals surface area contributed by atoms with Crippen LogP contribution in [0.4, 0.5) is 0 Å². The molecule has 2 aromatic carbocycles. The van der Waals surface area contributed by atoms with Gasteiger partial charge >= 0.3 is 0 Å². The second kappa shape index (κ2) is 12.9. The third-order valence-electron chi connectivity index (χ3n) is 4.29. The molecule has 153 valence electrons. The van der Waals surface area contributed by atoms with Gasteiger partial charge in [-0.1, -0.05) is 67.9 Å². The van der Waals surface area contributed by atoms with E-state index in [1.54, 1.807) is 7.05 Å². The van der Waals surface area contributed by atoms with Crippen LogP contribution in [-0.4, -0.2) is 14.9 Å². The summed E-state index contributed by atoms with van der Waals surface area (Å²) in [4.78, 5) is 12.5. The van der Waals surface area contributed by atoms with Crippen molar-refractivity contribution in [3.05, 3.63) is 88.2 Å². The first-order valence-corrected chi connectivity index (χ1v) is 9.45. The molecule has 0 aliphatic carbocycles. The minimum absolute atomic E-state index is 0. The number of halogens is 1. The van der Waals surface area contributed by atoms with Crippen molar-refractivity contribution in [3.63, 3.8) is 0 Å². The van der Waals surface area contributed by atoms with Gasteiger partial charge in [0.1, 0.15) is 5.69 Å². The Morgan fingerprint density at radius 1 is 1.03 bits per heavy atom. The second-order valence-electron chi connectivity index (χ2n) is 6.01. The van der Waals surface area contributed by atoms with Crippen molar-refractivity contribution in [1.29, 1.82) is 0 Å². The summed E-state index contributed by atoms with van der Waals surface area (Å²) in [6.45, 7) is 5.91. The zero-order valence-electron chi connectivity index (χ0n) is 17.7. The number of hydrogen-bond donors (Lipinski definition) is 1. The standard InChI is InChI=1S/C20H19ClN2O2.C2H6.CH3.Y/c1-13-7-3-5-9-15(13)18-19(24)17(22-23(2)20(18)25)12-11-14-8-4-6-10-16(14)21;1-2;;/h3-10,24H,11-12H2,1-2H3;1-2H3;1H3;/q;;-1;. The van der Waals surface area contributed by atoms with E-state index in [2.05, 4.69) is 5.10 Å². The van der Waals surface area contributed by atoms with Crippen LogP contribution >= 0.6 is 11.6 Å². The molecule has 0 aliphatic rings. The van der Waals surface area contributed by atoms with Crippen molar-refractivity contribution in [1.82, 2.24) is 9.78 Å². The third kappa shape index (κ3) is 6.50. The van der Waals surface area contributed by atoms with Crippen molar-refractivity contribution in [2.75, 3.05) is 0 Å². The monoisotopic (exact) mass is 488 g/mol. The van der Waals surface area contributed by atoms with Crippen LogP contribution in [0.2, 0.25) is 5.02 Å². The van der Waals surface area contributed by atoms with Crippen molar-refractivity contribution >= 4 is 11.6 Å². The van der Waals surface area contributed by atoms with E-state index in [4.69, 9.17) is 11.6 Å². The summed E-state index contributed by atoms with van der Waals surface area (Å²) in [5.41, 5.74) is 3.11. The van der Waals surface area contributed by atoms with Crippen LogP contribution in [0.15, 0.2) is 53.3 Å². The SMILES string of the molecule is CC.Cc1ccccc1-c1c(O)c(CCc2ccccc2Cl)nn(C)c1=O.[CH3-].[Y]. The van der Waals surface area contributed by atoms with E-state index in [9.17, 15) is 9.90 Å². The molecule has 3 aromatic rings. The van der Waals surface area contributed by atoms with Crippen LogP contribution in [0.5, 0.6) is 5.75 Å². The van der Waals surface area contributed by atoms with Gasteiger partial charge in [0.15, 0.2) is 5.75 Å². The largest absolute Gasteiger partial charge is 0.505 e. The summed E-state index contributed by atoms with van der Waals surface area (Å²) in [5.74, 6) is -0.0514. The number of aryl methyl sites for hydroxylation is 4. The van der Waals surface area contributed by atoms with E-state index in [1.807, 2.05) is 69.3 Å². The van der Waals surface area contributed by atoms with E-state index in [1.165, 1.54) is 4.68 Å². The first-order chi connectivity index (χ1) is 13.0. The molecule has 0 spiro atoms. The van der Waals surface area contributed by atoms with Gasteiger partial charge in [0.2, 0.25) is 0 Å². The predicted molar refractivity (Wildman–Crippen MR) is 118 cm³/mol. The summed E-state index contributed by atoms with van der Waals surface area (Å²) in [5, 5.41) is 15.6. The first-order valence-electron chi connectivity index (χ1n) is 9.07. The number of aromatic nitrogens is 2. The fourth-order valence-electron chi connectivity index (χ4n) is 2.90. The number of aromatic hydroxyl groups is 1. The average molecular weight is 489 g/mol. The zero-order valence-corrected chi connectivity index (χ0v) is 21.3. The Kier molecular flexibility index (Phi) is 12.3. The van der Waals surface area contributed by atoms with Crippen molar-refractivity contribution in [3.8, 4) is 16.9 Å². The first kappa shape index (κ1) is 27.5. The molecule has 29 heavy (non-hydrogen) atoms. The number of rotatable bonds is 4. The summed E-state index contributed by atoms with van der Waals surface area (Å²) < 4.78 is 1.28. The van der Waals surface area contributed by atoms with Gasteiger partial charge in [-0.25, -0.2) is 4.68 Å². The van der Waals surface area contributed by atoms with Crippen LogP contribution in [0.25, 0.3) is 11.1 Å². The molecule has 0 fully saturated rings. The van der Waals surface area contributed by atoms with Crippen LogP contribution in [0.3, 0.4) is 0 Å². The van der Waals surface area contributed by atoms with E-state index in [-0.39, 0.29) is 51.4 Å². The maximum absolute atomic E-state index is 12.5. The summed E-state index contributed by atoms with van der Waals surface area (Å²) in [7, 11) is 1.60. The fraction of sp³-hybridized carbons (Fsp3) is 0.261. The summed E-state index contributed by atoms with van der Waals surface area (Å²) in [6.07, 6.45) is 1.12. The summed E-state index contributed by atoms with van der Waals surface area (Å²) >= 11 is 6.20. The Labute approximate surface area is 203 Å². The Morgan fingerprint density at radius 2 is 1.62 bits per heavy atom. The molecular weight excluding hydrogens is 461 g/mol. The molecule has 0 unspecified atom stereocenters. The van der Waals surface area contributed by atoms with Gasteiger partial charge < -0.3 is 12.5 Å². The Balaban J connectivity index is 0.00000190. The van der Waals surface area contributed by atoms with Gasteiger partial charge in [0.05, 0.1) is 5.56 Å². The van der Waals surface area contributed by atoms with E-state index in [0.29, 0.717) is 29.1 Å². The molecule has 1 N–H and O–H groups in total. The number of nitrogens with zero attached hydrogens (tertiary/aromatic N) is 2. The smallest absolute Gasteiger partial charge is 0.278 e. The van der Waals surface area contributed by atoms with Crippen molar-refractivity contribution in [2.24, 2.45) is 7.05 Å².